The molecule has 0 radical (unpaired) electrons. The van der Waals surface area contributed by atoms with Crippen LogP contribution in [0.1, 0.15) is 39.4 Å². The van der Waals surface area contributed by atoms with Gasteiger partial charge in [0.05, 0.1) is 19.1 Å². The zero-order valence-corrected chi connectivity index (χ0v) is 19.7. The molecule has 1 amide bonds. The Balaban J connectivity index is 1.82. The van der Waals surface area contributed by atoms with Gasteiger partial charge in [-0.1, -0.05) is 31.5 Å². The molecule has 0 aliphatic heterocycles. The van der Waals surface area contributed by atoms with Crippen molar-refractivity contribution in [3.63, 3.8) is 0 Å². The summed E-state index contributed by atoms with van der Waals surface area (Å²) >= 11 is 0. The van der Waals surface area contributed by atoms with Crippen molar-refractivity contribution >= 4 is 22.8 Å². The quantitative estimate of drug-likeness (QED) is 0.380. The van der Waals surface area contributed by atoms with Crippen LogP contribution in [0.2, 0.25) is 0 Å². The van der Waals surface area contributed by atoms with Crippen LogP contribution in [0.3, 0.4) is 0 Å². The van der Waals surface area contributed by atoms with Crippen LogP contribution in [0.15, 0.2) is 69.1 Å². The second kappa shape index (κ2) is 9.94. The number of carbonyl (C=O) groups excluding carboxylic acids is 1. The highest BCUT2D eigenvalue weighted by Gasteiger charge is 2.24. The van der Waals surface area contributed by atoms with Crippen LogP contribution in [-0.2, 0) is 24.4 Å². The molecule has 0 N–H and O–H groups in total. The number of furan rings is 1. The summed E-state index contributed by atoms with van der Waals surface area (Å²) in [5.74, 6) is 0.321. The fraction of sp³-hybridized carbons (Fsp3) is 0.360. The molecule has 0 aliphatic rings. The maximum absolute atomic E-state index is 13.5. The summed E-state index contributed by atoms with van der Waals surface area (Å²) < 4.78 is 9.61. The molecule has 9 nitrogen and oxygen atoms in total. The minimum Gasteiger partial charge on any atom is -0.467 e. The Morgan fingerprint density at radius 3 is 2.50 bits per heavy atom. The highest BCUT2D eigenvalue weighted by Crippen LogP contribution is 2.17. The number of para-hydroxylation sites is 1. The maximum Gasteiger partial charge on any atom is 0.333 e. The molecule has 0 spiro atoms. The zero-order chi connectivity index (χ0) is 24.2. The van der Waals surface area contributed by atoms with Crippen LogP contribution in [0.25, 0.3) is 11.2 Å². The molecule has 34 heavy (non-hydrogen) atoms. The Morgan fingerprint density at radius 1 is 1.09 bits per heavy atom. The number of nitrogens with zero attached hydrogens (tertiary/aromatic N) is 5. The lowest BCUT2D eigenvalue weighted by Crippen LogP contribution is -2.47. The second-order valence-corrected chi connectivity index (χ2v) is 8.50. The van der Waals surface area contributed by atoms with Gasteiger partial charge in [0.25, 0.3) is 5.56 Å². The van der Waals surface area contributed by atoms with Gasteiger partial charge in [0.1, 0.15) is 12.3 Å². The van der Waals surface area contributed by atoms with Gasteiger partial charge in [-0.05, 0) is 44.5 Å². The zero-order valence-electron chi connectivity index (χ0n) is 19.7. The van der Waals surface area contributed by atoms with E-state index in [0.717, 1.165) is 17.4 Å². The van der Waals surface area contributed by atoms with E-state index in [0.29, 0.717) is 30.2 Å². The number of aromatic nitrogens is 4. The summed E-state index contributed by atoms with van der Waals surface area (Å²) in [4.78, 5) is 46.3. The van der Waals surface area contributed by atoms with Crippen LogP contribution < -0.4 is 16.1 Å². The smallest absolute Gasteiger partial charge is 0.333 e. The number of aryl methyl sites for hydroxylation is 1. The number of carbonyl (C=O) groups is 1. The molecular formula is C25H29N5O4. The Hall–Kier alpha value is -3.88. The van der Waals surface area contributed by atoms with Gasteiger partial charge in [0, 0.05) is 18.3 Å². The van der Waals surface area contributed by atoms with Gasteiger partial charge < -0.3 is 13.9 Å². The molecule has 0 unspecified atom stereocenters. The number of anilines is 1. The van der Waals surface area contributed by atoms with Gasteiger partial charge in [-0.15, -0.1) is 0 Å². The first-order valence-corrected chi connectivity index (χ1v) is 11.5. The standard InChI is InChI=1S/C25H29N5O4/c1-4-5-13-28-23-22(27(17-26-23)15-20-12-9-14-34-20)24(32)29(25(28)33)16-21(31)30(18(2)3)19-10-7-6-8-11-19/h6-12,14,17-18H,4-5,13,15-16H2,1-3H3. The number of imidazole rings is 1. The van der Waals surface area contributed by atoms with Crippen molar-refractivity contribution in [2.24, 2.45) is 0 Å². The van der Waals surface area contributed by atoms with E-state index < -0.39 is 11.2 Å². The molecule has 0 aliphatic carbocycles. The first-order valence-electron chi connectivity index (χ1n) is 11.5. The van der Waals surface area contributed by atoms with E-state index in [1.165, 1.54) is 10.9 Å². The normalized spacial score (nSPS) is 11.4. The third-order valence-electron chi connectivity index (χ3n) is 5.74. The van der Waals surface area contributed by atoms with E-state index >= 15 is 0 Å². The first kappa shape index (κ1) is 23.3. The molecule has 0 fully saturated rings. The lowest BCUT2D eigenvalue weighted by atomic mass is 10.2. The highest BCUT2D eigenvalue weighted by atomic mass is 16.3. The summed E-state index contributed by atoms with van der Waals surface area (Å²) in [5, 5.41) is 0. The average molecular weight is 464 g/mol. The van der Waals surface area contributed by atoms with Crippen molar-refractivity contribution in [1.29, 1.82) is 0 Å². The van der Waals surface area contributed by atoms with Gasteiger partial charge in [0.15, 0.2) is 11.2 Å². The molecular weight excluding hydrogens is 434 g/mol. The van der Waals surface area contributed by atoms with E-state index in [2.05, 4.69) is 4.98 Å². The van der Waals surface area contributed by atoms with Crippen LogP contribution in [0.4, 0.5) is 5.69 Å². The minimum absolute atomic E-state index is 0.152. The van der Waals surface area contributed by atoms with Crippen molar-refractivity contribution in [3.05, 3.63) is 81.7 Å². The van der Waals surface area contributed by atoms with Crippen molar-refractivity contribution in [2.75, 3.05) is 4.90 Å². The van der Waals surface area contributed by atoms with Crippen LogP contribution in [-0.4, -0.2) is 30.6 Å². The van der Waals surface area contributed by atoms with Crippen molar-refractivity contribution < 1.29 is 9.21 Å². The average Bonchev–Trinajstić information content (AvgIpc) is 3.48. The molecule has 0 bridgehead atoms. The number of unbranched alkanes of at least 4 members (excludes halogenated alkanes) is 1. The maximum atomic E-state index is 13.5. The lowest BCUT2D eigenvalue weighted by molar-refractivity contribution is -0.119. The van der Waals surface area contributed by atoms with Crippen LogP contribution in [0.5, 0.6) is 0 Å². The van der Waals surface area contributed by atoms with E-state index in [1.54, 1.807) is 27.9 Å². The van der Waals surface area contributed by atoms with Gasteiger partial charge in [-0.3, -0.25) is 14.2 Å². The Kier molecular flexibility index (Phi) is 6.81. The fourth-order valence-corrected chi connectivity index (χ4v) is 4.12. The predicted octanol–water partition coefficient (Wildman–Crippen LogP) is 3.24. The molecule has 4 rings (SSSR count). The molecule has 9 heteroatoms. The Morgan fingerprint density at radius 2 is 1.85 bits per heavy atom. The fourth-order valence-electron chi connectivity index (χ4n) is 4.12. The molecule has 0 saturated heterocycles. The molecule has 0 atom stereocenters. The molecule has 0 saturated carbocycles. The predicted molar refractivity (Wildman–Crippen MR) is 130 cm³/mol. The van der Waals surface area contributed by atoms with Gasteiger partial charge in [-0.2, -0.15) is 0 Å². The lowest BCUT2D eigenvalue weighted by Gasteiger charge is -2.27. The molecule has 3 aromatic heterocycles. The summed E-state index contributed by atoms with van der Waals surface area (Å²) in [5.41, 5.74) is 0.241. The SMILES string of the molecule is CCCCn1c(=O)n(CC(=O)N(c2ccccc2)C(C)C)c(=O)c2c1ncn2Cc1ccco1. The molecule has 3 heterocycles. The highest BCUT2D eigenvalue weighted by molar-refractivity contribution is 5.93. The number of rotatable bonds is 9. The Labute approximate surface area is 196 Å². The van der Waals surface area contributed by atoms with E-state index in [1.807, 2.05) is 51.1 Å². The first-order chi connectivity index (χ1) is 16.4. The third-order valence-corrected chi connectivity index (χ3v) is 5.74. The number of amides is 1. The Bertz CT molecular complexity index is 1380. The van der Waals surface area contributed by atoms with Crippen LogP contribution in [0, 0.1) is 0 Å². The third kappa shape index (κ3) is 4.46. The van der Waals surface area contributed by atoms with Crippen LogP contribution >= 0.6 is 0 Å². The summed E-state index contributed by atoms with van der Waals surface area (Å²) in [6, 6.07) is 12.7. The van der Waals surface area contributed by atoms with E-state index in [4.69, 9.17) is 4.42 Å². The summed E-state index contributed by atoms with van der Waals surface area (Å²) in [7, 11) is 0. The summed E-state index contributed by atoms with van der Waals surface area (Å²) in [6.07, 6.45) is 4.71. The van der Waals surface area contributed by atoms with Gasteiger partial charge >= 0.3 is 5.69 Å². The van der Waals surface area contributed by atoms with Gasteiger partial charge in [0.2, 0.25) is 5.91 Å². The second-order valence-electron chi connectivity index (χ2n) is 8.50. The minimum atomic E-state index is -0.540. The van der Waals surface area contributed by atoms with E-state index in [9.17, 15) is 14.4 Å². The molecule has 1 aromatic carbocycles. The largest absolute Gasteiger partial charge is 0.467 e. The van der Waals surface area contributed by atoms with Crippen molar-refractivity contribution in [3.8, 4) is 0 Å². The summed E-state index contributed by atoms with van der Waals surface area (Å²) in [6.45, 7) is 6.16. The topological polar surface area (TPSA) is 95.3 Å². The van der Waals surface area contributed by atoms with Crippen molar-refractivity contribution in [2.45, 2.75) is 59.3 Å². The van der Waals surface area contributed by atoms with Gasteiger partial charge in [-0.25, -0.2) is 14.3 Å². The molecule has 178 valence electrons. The number of benzene rings is 1. The molecule has 4 aromatic rings. The number of hydrogen-bond acceptors (Lipinski definition) is 5. The monoisotopic (exact) mass is 463 g/mol. The van der Waals surface area contributed by atoms with Crippen molar-refractivity contribution in [1.82, 2.24) is 18.7 Å². The number of fused-ring (bicyclic) bond motifs is 1. The number of hydrogen-bond donors (Lipinski definition) is 0. The van der Waals surface area contributed by atoms with E-state index in [-0.39, 0.29) is 24.0 Å².